The lowest BCUT2D eigenvalue weighted by Crippen LogP contribution is -2.36. The van der Waals surface area contributed by atoms with Gasteiger partial charge < -0.3 is 25.0 Å². The zero-order valence-corrected chi connectivity index (χ0v) is 15.4. The number of carbonyl (C=O) groups excluding carboxylic acids is 2. The van der Waals surface area contributed by atoms with Gasteiger partial charge in [0.1, 0.15) is 23.9 Å². The SMILES string of the molecule is COc1ccc2c(c1)OCCN(C(=O)Nc1cc3c(cc1F)NC(=O)CC3)C2. The number of nitrogens with zero attached hydrogens (tertiary/aromatic N) is 1. The van der Waals surface area contributed by atoms with Gasteiger partial charge in [-0.25, -0.2) is 9.18 Å². The fourth-order valence-electron chi connectivity index (χ4n) is 3.34. The molecule has 7 nitrogen and oxygen atoms in total. The van der Waals surface area contributed by atoms with E-state index in [2.05, 4.69) is 10.6 Å². The first-order valence-corrected chi connectivity index (χ1v) is 9.01. The molecule has 2 aliphatic rings. The number of hydrogen-bond acceptors (Lipinski definition) is 4. The molecule has 2 aromatic rings. The average molecular weight is 385 g/mol. The van der Waals surface area contributed by atoms with E-state index in [1.807, 2.05) is 6.07 Å². The van der Waals surface area contributed by atoms with Crippen molar-refractivity contribution in [2.24, 2.45) is 0 Å². The third kappa shape index (κ3) is 3.58. The highest BCUT2D eigenvalue weighted by Gasteiger charge is 2.23. The van der Waals surface area contributed by atoms with E-state index in [4.69, 9.17) is 9.47 Å². The van der Waals surface area contributed by atoms with Gasteiger partial charge in [-0.3, -0.25) is 4.79 Å². The minimum absolute atomic E-state index is 0.0972. The van der Waals surface area contributed by atoms with Gasteiger partial charge in [0.25, 0.3) is 0 Å². The van der Waals surface area contributed by atoms with Gasteiger partial charge >= 0.3 is 6.03 Å². The van der Waals surface area contributed by atoms with Crippen molar-refractivity contribution < 1.29 is 23.5 Å². The maximum Gasteiger partial charge on any atom is 0.322 e. The van der Waals surface area contributed by atoms with Crippen molar-refractivity contribution in [3.05, 3.63) is 47.3 Å². The predicted molar refractivity (Wildman–Crippen MR) is 101 cm³/mol. The molecule has 28 heavy (non-hydrogen) atoms. The molecule has 0 saturated carbocycles. The average Bonchev–Trinajstić information content (AvgIpc) is 2.90. The summed E-state index contributed by atoms with van der Waals surface area (Å²) in [5.41, 5.74) is 2.20. The number of benzene rings is 2. The Labute approximate surface area is 161 Å². The summed E-state index contributed by atoms with van der Waals surface area (Å²) in [5, 5.41) is 5.29. The Kier molecular flexibility index (Phi) is 4.77. The number of anilines is 2. The maximum absolute atomic E-state index is 14.4. The summed E-state index contributed by atoms with van der Waals surface area (Å²) >= 11 is 0. The van der Waals surface area contributed by atoms with Crippen LogP contribution in [0.1, 0.15) is 17.5 Å². The molecule has 0 fully saturated rings. The lowest BCUT2D eigenvalue weighted by molar-refractivity contribution is -0.116. The summed E-state index contributed by atoms with van der Waals surface area (Å²) in [4.78, 5) is 25.7. The quantitative estimate of drug-likeness (QED) is 0.832. The Morgan fingerprint density at radius 1 is 1.25 bits per heavy atom. The zero-order chi connectivity index (χ0) is 19.7. The fourth-order valence-corrected chi connectivity index (χ4v) is 3.34. The van der Waals surface area contributed by atoms with Crippen molar-refractivity contribution in [3.8, 4) is 11.5 Å². The molecule has 2 aromatic carbocycles. The highest BCUT2D eigenvalue weighted by molar-refractivity contribution is 5.95. The highest BCUT2D eigenvalue weighted by Crippen LogP contribution is 2.30. The first-order chi connectivity index (χ1) is 13.5. The van der Waals surface area contributed by atoms with Crippen LogP contribution in [0, 0.1) is 5.82 Å². The van der Waals surface area contributed by atoms with Crippen LogP contribution in [0.3, 0.4) is 0 Å². The second kappa shape index (κ2) is 7.38. The van der Waals surface area contributed by atoms with Crippen molar-refractivity contribution in [1.29, 1.82) is 0 Å². The Morgan fingerprint density at radius 2 is 2.11 bits per heavy atom. The number of hydrogen-bond donors (Lipinski definition) is 2. The van der Waals surface area contributed by atoms with Crippen LogP contribution < -0.4 is 20.1 Å². The summed E-state index contributed by atoms with van der Waals surface area (Å²) in [5.74, 6) is 0.624. The number of fused-ring (bicyclic) bond motifs is 2. The summed E-state index contributed by atoms with van der Waals surface area (Å²) in [6.07, 6.45) is 0.854. The lowest BCUT2D eigenvalue weighted by atomic mass is 10.0. The zero-order valence-electron chi connectivity index (χ0n) is 15.4. The summed E-state index contributed by atoms with van der Waals surface area (Å²) in [6.45, 7) is 1.03. The van der Waals surface area contributed by atoms with E-state index in [1.54, 1.807) is 30.2 Å². The monoisotopic (exact) mass is 385 g/mol. The van der Waals surface area contributed by atoms with E-state index in [0.717, 1.165) is 11.1 Å². The number of amides is 3. The predicted octanol–water partition coefficient (Wildman–Crippen LogP) is 3.15. The van der Waals surface area contributed by atoms with E-state index >= 15 is 0 Å². The van der Waals surface area contributed by atoms with Gasteiger partial charge in [-0.05, 0) is 36.2 Å². The molecule has 146 valence electrons. The third-order valence-electron chi connectivity index (χ3n) is 4.87. The summed E-state index contributed by atoms with van der Waals surface area (Å²) in [6, 6.07) is 7.85. The van der Waals surface area contributed by atoms with Crippen LogP contribution in [0.5, 0.6) is 11.5 Å². The highest BCUT2D eigenvalue weighted by atomic mass is 19.1. The molecule has 0 spiro atoms. The van der Waals surface area contributed by atoms with Crippen LogP contribution in [-0.2, 0) is 17.8 Å². The molecular weight excluding hydrogens is 365 g/mol. The Morgan fingerprint density at radius 3 is 2.93 bits per heavy atom. The van der Waals surface area contributed by atoms with Gasteiger partial charge in [0.05, 0.1) is 25.9 Å². The Hall–Kier alpha value is -3.29. The van der Waals surface area contributed by atoms with Crippen molar-refractivity contribution in [2.45, 2.75) is 19.4 Å². The molecule has 0 bridgehead atoms. The third-order valence-corrected chi connectivity index (χ3v) is 4.87. The molecule has 4 rings (SSSR count). The molecule has 2 N–H and O–H groups in total. The van der Waals surface area contributed by atoms with Crippen LogP contribution >= 0.6 is 0 Å². The van der Waals surface area contributed by atoms with Gasteiger partial charge in [0.2, 0.25) is 5.91 Å². The minimum Gasteiger partial charge on any atom is -0.497 e. The summed E-state index contributed by atoms with van der Waals surface area (Å²) < 4.78 is 25.3. The number of methoxy groups -OCH3 is 1. The van der Waals surface area contributed by atoms with Gasteiger partial charge in [-0.1, -0.05) is 0 Å². The second-order valence-corrected chi connectivity index (χ2v) is 6.71. The molecule has 0 radical (unpaired) electrons. The maximum atomic E-state index is 14.4. The molecule has 0 saturated heterocycles. The van der Waals surface area contributed by atoms with Gasteiger partial charge in [0, 0.05) is 23.7 Å². The van der Waals surface area contributed by atoms with Crippen molar-refractivity contribution in [2.75, 3.05) is 30.9 Å². The lowest BCUT2D eigenvalue weighted by Gasteiger charge is -2.22. The van der Waals surface area contributed by atoms with Crippen LogP contribution in [-0.4, -0.2) is 37.1 Å². The van der Waals surface area contributed by atoms with E-state index in [-0.39, 0.29) is 11.6 Å². The van der Waals surface area contributed by atoms with E-state index < -0.39 is 11.8 Å². The van der Waals surface area contributed by atoms with E-state index in [0.29, 0.717) is 49.7 Å². The van der Waals surface area contributed by atoms with Crippen molar-refractivity contribution >= 4 is 23.3 Å². The number of halogens is 1. The standard InChI is InChI=1S/C20H20FN3O4/c1-27-14-4-2-13-11-24(6-7-28-18(13)9-14)20(26)23-17-8-12-3-5-19(25)22-16(12)10-15(17)21/h2,4,8-10H,3,5-7,11H2,1H3,(H,22,25)(H,23,26). The second-order valence-electron chi connectivity index (χ2n) is 6.71. The van der Waals surface area contributed by atoms with Crippen LogP contribution in [0.25, 0.3) is 0 Å². The Bertz CT molecular complexity index is 947. The molecule has 0 aliphatic carbocycles. The number of carbonyl (C=O) groups is 2. The van der Waals surface area contributed by atoms with Crippen LogP contribution in [0.4, 0.5) is 20.6 Å². The smallest absolute Gasteiger partial charge is 0.322 e. The van der Waals surface area contributed by atoms with E-state index in [9.17, 15) is 14.0 Å². The molecule has 0 unspecified atom stereocenters. The first kappa shape index (κ1) is 18.1. The van der Waals surface area contributed by atoms with Gasteiger partial charge in [0.15, 0.2) is 0 Å². The first-order valence-electron chi connectivity index (χ1n) is 9.01. The molecule has 2 heterocycles. The van der Waals surface area contributed by atoms with Crippen molar-refractivity contribution in [1.82, 2.24) is 4.90 Å². The number of ether oxygens (including phenoxy) is 2. The minimum atomic E-state index is -0.592. The Balaban J connectivity index is 1.51. The van der Waals surface area contributed by atoms with Gasteiger partial charge in [-0.15, -0.1) is 0 Å². The van der Waals surface area contributed by atoms with Crippen molar-refractivity contribution in [3.63, 3.8) is 0 Å². The fraction of sp³-hybridized carbons (Fsp3) is 0.300. The molecule has 0 aromatic heterocycles. The molecule has 3 amide bonds. The van der Waals surface area contributed by atoms with Gasteiger partial charge in [-0.2, -0.15) is 0 Å². The number of nitrogens with one attached hydrogen (secondary N) is 2. The molecule has 8 heteroatoms. The molecule has 2 aliphatic heterocycles. The van der Waals surface area contributed by atoms with Crippen LogP contribution in [0.15, 0.2) is 30.3 Å². The molecular formula is C20H20FN3O4. The summed E-state index contributed by atoms with van der Waals surface area (Å²) in [7, 11) is 1.58. The number of aryl methyl sites for hydroxylation is 1. The van der Waals surface area contributed by atoms with E-state index in [1.165, 1.54) is 6.07 Å². The number of rotatable bonds is 2. The topological polar surface area (TPSA) is 79.9 Å². The normalized spacial score (nSPS) is 15.5. The molecule has 0 atom stereocenters. The van der Waals surface area contributed by atoms with Crippen LogP contribution in [0.2, 0.25) is 0 Å². The largest absolute Gasteiger partial charge is 0.497 e. The number of urea groups is 1.